The highest BCUT2D eigenvalue weighted by molar-refractivity contribution is 6.18. The normalized spacial score (nSPS) is 23.0. The number of nitrogens with zero attached hydrogens (tertiary/aromatic N) is 5. The number of fused-ring (bicyclic) bond motifs is 6. The molecular formula is C22H21N5O. The Hall–Kier alpha value is -3.15. The van der Waals surface area contributed by atoms with Gasteiger partial charge in [-0.3, -0.25) is 14.6 Å². The summed E-state index contributed by atoms with van der Waals surface area (Å²) in [5.74, 6) is 1.52. The van der Waals surface area contributed by atoms with Gasteiger partial charge < -0.3 is 4.57 Å². The van der Waals surface area contributed by atoms with Gasteiger partial charge in [-0.15, -0.1) is 0 Å². The average molecular weight is 371 g/mol. The quantitative estimate of drug-likeness (QED) is 0.695. The molecule has 1 aromatic heterocycles. The van der Waals surface area contributed by atoms with Gasteiger partial charge in [-0.05, 0) is 41.7 Å². The zero-order valence-electron chi connectivity index (χ0n) is 15.7. The third-order valence-electron chi connectivity index (χ3n) is 6.29. The fraction of sp³-hybridized carbons (Fsp3) is 0.318. The van der Waals surface area contributed by atoms with Crippen molar-refractivity contribution in [3.05, 3.63) is 60.0 Å². The molecule has 0 radical (unpaired) electrons. The van der Waals surface area contributed by atoms with E-state index in [1.807, 2.05) is 17.7 Å². The molecule has 3 aromatic rings. The molecule has 2 atom stereocenters. The number of aromatic nitrogens is 2. The van der Waals surface area contributed by atoms with Gasteiger partial charge in [0, 0.05) is 13.6 Å². The molecule has 2 aromatic carbocycles. The van der Waals surface area contributed by atoms with E-state index in [-0.39, 0.29) is 5.91 Å². The van der Waals surface area contributed by atoms with Crippen molar-refractivity contribution in [3.8, 4) is 0 Å². The molecule has 0 unspecified atom stereocenters. The van der Waals surface area contributed by atoms with Crippen molar-refractivity contribution in [3.63, 3.8) is 0 Å². The Labute approximate surface area is 163 Å². The van der Waals surface area contributed by atoms with Gasteiger partial charge in [-0.1, -0.05) is 36.4 Å². The fourth-order valence-corrected chi connectivity index (χ4v) is 4.90. The van der Waals surface area contributed by atoms with Crippen molar-refractivity contribution in [1.29, 1.82) is 0 Å². The molecule has 3 heterocycles. The van der Waals surface area contributed by atoms with Crippen molar-refractivity contribution in [1.82, 2.24) is 14.5 Å². The largest absolute Gasteiger partial charge is 0.320 e. The van der Waals surface area contributed by atoms with E-state index in [0.29, 0.717) is 24.3 Å². The fourth-order valence-electron chi connectivity index (χ4n) is 4.90. The number of rotatable bonds is 2. The molecule has 1 aliphatic carbocycles. The highest BCUT2D eigenvalue weighted by atomic mass is 16.2. The van der Waals surface area contributed by atoms with E-state index in [2.05, 4.69) is 46.3 Å². The van der Waals surface area contributed by atoms with Crippen LogP contribution in [0.4, 0.5) is 5.82 Å². The van der Waals surface area contributed by atoms with Crippen LogP contribution >= 0.6 is 0 Å². The molecule has 6 nitrogen and oxygen atoms in total. The van der Waals surface area contributed by atoms with Gasteiger partial charge in [0.25, 0.3) is 5.91 Å². The minimum Gasteiger partial charge on any atom is -0.320 e. The zero-order chi connectivity index (χ0) is 18.8. The smallest absolute Gasteiger partial charge is 0.280 e. The maximum absolute atomic E-state index is 13.1. The summed E-state index contributed by atoms with van der Waals surface area (Å²) in [4.78, 5) is 26.5. The minimum absolute atomic E-state index is 0.0248. The summed E-state index contributed by atoms with van der Waals surface area (Å²) >= 11 is 0. The van der Waals surface area contributed by atoms with Crippen LogP contribution in [0.5, 0.6) is 0 Å². The van der Waals surface area contributed by atoms with E-state index in [4.69, 9.17) is 4.99 Å². The van der Waals surface area contributed by atoms with Crippen LogP contribution < -0.4 is 4.90 Å². The predicted molar refractivity (Wildman–Crippen MR) is 109 cm³/mol. The van der Waals surface area contributed by atoms with Crippen molar-refractivity contribution in [2.24, 2.45) is 4.99 Å². The first-order valence-electron chi connectivity index (χ1n) is 9.88. The molecule has 0 N–H and O–H groups in total. The Balaban J connectivity index is 1.41. The van der Waals surface area contributed by atoms with Gasteiger partial charge in [0.1, 0.15) is 0 Å². The lowest BCUT2D eigenvalue weighted by atomic mass is 10.1. The number of hydrogen-bond acceptors (Lipinski definition) is 4. The number of anilines is 1. The summed E-state index contributed by atoms with van der Waals surface area (Å²) in [6.07, 6.45) is 5.20. The topological polar surface area (TPSA) is 53.7 Å². The van der Waals surface area contributed by atoms with E-state index < -0.39 is 0 Å². The van der Waals surface area contributed by atoms with Crippen LogP contribution in [0.25, 0.3) is 10.8 Å². The van der Waals surface area contributed by atoms with Gasteiger partial charge in [0.2, 0.25) is 5.96 Å². The SMILES string of the molecule is CN1C(=O)c2c(ncn2Cc2ccc3ccccc3c2)N2C1=N[C@H]1CCC[C@H]12. The molecule has 1 amide bonds. The highest BCUT2D eigenvalue weighted by Gasteiger charge is 2.48. The minimum atomic E-state index is -0.0248. The molecule has 0 saturated heterocycles. The lowest BCUT2D eigenvalue weighted by molar-refractivity contribution is 0.0855. The molecule has 0 spiro atoms. The second-order valence-corrected chi connectivity index (χ2v) is 7.96. The van der Waals surface area contributed by atoms with Gasteiger partial charge in [0.05, 0.1) is 18.4 Å². The van der Waals surface area contributed by atoms with Crippen LogP contribution in [-0.4, -0.2) is 45.4 Å². The molecule has 28 heavy (non-hydrogen) atoms. The Morgan fingerprint density at radius 3 is 2.86 bits per heavy atom. The monoisotopic (exact) mass is 371 g/mol. The van der Waals surface area contributed by atoms with Crippen molar-refractivity contribution in [2.75, 3.05) is 11.9 Å². The summed E-state index contributed by atoms with van der Waals surface area (Å²) in [6, 6.07) is 15.4. The molecule has 1 saturated carbocycles. The van der Waals surface area contributed by atoms with Crippen LogP contribution in [0, 0.1) is 0 Å². The number of imidazole rings is 1. The molecule has 0 bridgehead atoms. The Kier molecular flexibility index (Phi) is 3.21. The van der Waals surface area contributed by atoms with Crippen LogP contribution in [0.2, 0.25) is 0 Å². The summed E-state index contributed by atoms with van der Waals surface area (Å²) in [5.41, 5.74) is 1.83. The summed E-state index contributed by atoms with van der Waals surface area (Å²) in [7, 11) is 1.82. The van der Waals surface area contributed by atoms with E-state index in [9.17, 15) is 4.79 Å². The average Bonchev–Trinajstić information content (AvgIpc) is 3.40. The van der Waals surface area contributed by atoms with Gasteiger partial charge in [-0.25, -0.2) is 9.98 Å². The number of guanidine groups is 1. The van der Waals surface area contributed by atoms with E-state index >= 15 is 0 Å². The van der Waals surface area contributed by atoms with Crippen molar-refractivity contribution in [2.45, 2.75) is 37.9 Å². The number of hydrogen-bond donors (Lipinski definition) is 0. The van der Waals surface area contributed by atoms with Gasteiger partial charge in [0.15, 0.2) is 11.5 Å². The van der Waals surface area contributed by atoms with E-state index in [1.165, 1.54) is 17.2 Å². The summed E-state index contributed by atoms with van der Waals surface area (Å²) in [6.45, 7) is 0.626. The number of carbonyl (C=O) groups is 1. The molecule has 2 aliphatic heterocycles. The third-order valence-corrected chi connectivity index (χ3v) is 6.29. The molecular weight excluding hydrogens is 350 g/mol. The lowest BCUT2D eigenvalue weighted by Gasteiger charge is -2.34. The number of carbonyl (C=O) groups excluding carboxylic acids is 1. The van der Waals surface area contributed by atoms with E-state index in [1.54, 1.807) is 11.2 Å². The highest BCUT2D eigenvalue weighted by Crippen LogP contribution is 2.39. The number of aliphatic imine (C=N–C) groups is 1. The van der Waals surface area contributed by atoms with Gasteiger partial charge in [-0.2, -0.15) is 0 Å². The van der Waals surface area contributed by atoms with Crippen LogP contribution in [0.15, 0.2) is 53.8 Å². The van der Waals surface area contributed by atoms with Crippen LogP contribution in [0.3, 0.4) is 0 Å². The zero-order valence-corrected chi connectivity index (χ0v) is 15.7. The summed E-state index contributed by atoms with van der Waals surface area (Å²) in [5, 5.41) is 2.43. The molecule has 6 rings (SSSR count). The predicted octanol–water partition coefficient (Wildman–Crippen LogP) is 3.27. The van der Waals surface area contributed by atoms with Crippen LogP contribution in [0.1, 0.15) is 35.3 Å². The standard InChI is InChI=1S/C22H21N5O/c1-25-21(28)19-20(27-18-8-4-7-17(18)24-22(25)27)23-13-26(19)12-14-9-10-15-5-2-3-6-16(15)11-14/h2-3,5-6,9-11,13,17-18H,4,7-8,12H2,1H3/t17-,18+/m0/s1. The second-order valence-electron chi connectivity index (χ2n) is 7.96. The Bertz CT molecular complexity index is 1150. The van der Waals surface area contributed by atoms with E-state index in [0.717, 1.165) is 30.2 Å². The first kappa shape index (κ1) is 15.9. The number of benzene rings is 2. The molecule has 140 valence electrons. The van der Waals surface area contributed by atoms with Crippen LogP contribution in [-0.2, 0) is 6.54 Å². The Morgan fingerprint density at radius 1 is 1.11 bits per heavy atom. The van der Waals surface area contributed by atoms with Crippen molar-refractivity contribution < 1.29 is 4.79 Å². The maximum atomic E-state index is 13.1. The third kappa shape index (κ3) is 2.11. The maximum Gasteiger partial charge on any atom is 0.280 e. The molecule has 6 heteroatoms. The van der Waals surface area contributed by atoms with Gasteiger partial charge >= 0.3 is 0 Å². The molecule has 3 aliphatic rings. The first-order chi connectivity index (χ1) is 13.7. The number of amides is 1. The Morgan fingerprint density at radius 2 is 1.96 bits per heavy atom. The molecule has 1 fully saturated rings. The second kappa shape index (κ2) is 5.67. The summed E-state index contributed by atoms with van der Waals surface area (Å²) < 4.78 is 1.98. The van der Waals surface area contributed by atoms with Crippen molar-refractivity contribution >= 4 is 28.5 Å². The first-order valence-corrected chi connectivity index (χ1v) is 9.88. The lowest BCUT2D eigenvalue weighted by Crippen LogP contribution is -2.51.